The second kappa shape index (κ2) is 8.59. The van der Waals surface area contributed by atoms with Crippen molar-refractivity contribution in [2.24, 2.45) is 0 Å². The van der Waals surface area contributed by atoms with E-state index in [1.54, 1.807) is 32.4 Å². The van der Waals surface area contributed by atoms with E-state index in [2.05, 4.69) is 44.3 Å². The molecule has 1 aliphatic heterocycles. The minimum absolute atomic E-state index is 0.286. The average Bonchev–Trinajstić information content (AvgIpc) is 3.26. The lowest BCUT2D eigenvalue weighted by Crippen LogP contribution is -2.44. The highest BCUT2D eigenvalue weighted by atomic mass is 16.5. The Labute approximate surface area is 191 Å². The van der Waals surface area contributed by atoms with E-state index in [1.165, 1.54) is 16.4 Å². The van der Waals surface area contributed by atoms with Gasteiger partial charge in [-0.1, -0.05) is 12.1 Å². The zero-order chi connectivity index (χ0) is 22.9. The molecule has 170 valence electrons. The molecule has 0 bridgehead atoms. The van der Waals surface area contributed by atoms with E-state index in [0.717, 1.165) is 31.7 Å². The molecule has 9 nitrogen and oxygen atoms in total. The highest BCUT2D eigenvalue weighted by Crippen LogP contribution is 2.29. The van der Waals surface area contributed by atoms with Crippen molar-refractivity contribution in [1.29, 1.82) is 0 Å². The molecule has 0 saturated carbocycles. The number of hydrogen-bond acceptors (Lipinski definition) is 7. The molecular weight excluding hydrogens is 420 g/mol. The minimum Gasteiger partial charge on any atom is -0.497 e. The van der Waals surface area contributed by atoms with Crippen LogP contribution in [0.5, 0.6) is 11.5 Å². The third kappa shape index (κ3) is 3.91. The van der Waals surface area contributed by atoms with Gasteiger partial charge in [0.2, 0.25) is 0 Å². The van der Waals surface area contributed by atoms with Crippen LogP contribution >= 0.6 is 0 Å². The lowest BCUT2D eigenvalue weighted by molar-refractivity contribution is 0.313. The van der Waals surface area contributed by atoms with Crippen LogP contribution in [0.3, 0.4) is 0 Å². The first-order chi connectivity index (χ1) is 16.1. The summed E-state index contributed by atoms with van der Waals surface area (Å²) in [6, 6.07) is 15.1. The zero-order valence-electron chi connectivity index (χ0n) is 18.9. The number of piperazine rings is 1. The fourth-order valence-corrected chi connectivity index (χ4v) is 4.11. The lowest BCUT2D eigenvalue weighted by atomic mass is 10.1. The Kier molecular flexibility index (Phi) is 5.47. The van der Waals surface area contributed by atoms with Crippen molar-refractivity contribution >= 4 is 16.7 Å². The van der Waals surface area contributed by atoms with Crippen LogP contribution in [0, 0.1) is 0 Å². The van der Waals surface area contributed by atoms with Crippen LogP contribution in [0.15, 0.2) is 53.3 Å². The maximum atomic E-state index is 12.8. The summed E-state index contributed by atoms with van der Waals surface area (Å²) in [5.41, 5.74) is 4.25. The van der Waals surface area contributed by atoms with Crippen molar-refractivity contribution in [3.8, 4) is 28.4 Å². The Morgan fingerprint density at radius 1 is 0.939 bits per heavy atom. The third-order valence-electron chi connectivity index (χ3n) is 6.07. The van der Waals surface area contributed by atoms with Gasteiger partial charge in [0.1, 0.15) is 28.4 Å². The van der Waals surface area contributed by atoms with Gasteiger partial charge in [0, 0.05) is 49.6 Å². The molecule has 0 unspecified atom stereocenters. The smallest absolute Gasteiger partial charge is 0.273 e. The number of benzene rings is 2. The van der Waals surface area contributed by atoms with Crippen molar-refractivity contribution in [3.05, 3.63) is 58.9 Å². The van der Waals surface area contributed by atoms with Gasteiger partial charge in [-0.25, -0.2) is 0 Å². The molecule has 0 atom stereocenters. The summed E-state index contributed by atoms with van der Waals surface area (Å²) < 4.78 is 12.1. The zero-order valence-corrected chi connectivity index (χ0v) is 18.9. The number of nitrogens with one attached hydrogen (secondary N) is 1. The van der Waals surface area contributed by atoms with Gasteiger partial charge in [-0.05, 0) is 31.3 Å². The Hall–Kier alpha value is -3.85. The number of H-pyrrole nitrogens is 1. The standard InChI is InChI=1S/C24H26N6O3/c1-28-10-12-29(13-11-28)17-6-4-16(5-7-17)23-24-19(25-26-23)15-22(31)30(27-24)20-9-8-18(32-2)14-21(20)33-3/h4-9,14-15,25H,10-13H2,1-3H3. The molecule has 9 heteroatoms. The van der Waals surface area contributed by atoms with Crippen molar-refractivity contribution < 1.29 is 9.47 Å². The van der Waals surface area contributed by atoms with Crippen LogP contribution in [0.2, 0.25) is 0 Å². The van der Waals surface area contributed by atoms with E-state index in [1.807, 2.05) is 12.1 Å². The summed E-state index contributed by atoms with van der Waals surface area (Å²) in [5.74, 6) is 1.12. The Bertz CT molecular complexity index is 1340. The van der Waals surface area contributed by atoms with Crippen molar-refractivity contribution in [3.63, 3.8) is 0 Å². The quantitative estimate of drug-likeness (QED) is 0.504. The number of hydrogen-bond donors (Lipinski definition) is 1. The molecule has 4 aromatic rings. The van der Waals surface area contributed by atoms with Gasteiger partial charge in [0.25, 0.3) is 5.56 Å². The van der Waals surface area contributed by atoms with Crippen LogP contribution < -0.4 is 19.9 Å². The highest BCUT2D eigenvalue weighted by molar-refractivity contribution is 5.89. The first-order valence-electron chi connectivity index (χ1n) is 10.8. The number of aromatic nitrogens is 4. The van der Waals surface area contributed by atoms with Gasteiger partial charge in [0.05, 0.1) is 19.7 Å². The van der Waals surface area contributed by atoms with E-state index in [9.17, 15) is 4.79 Å². The van der Waals surface area contributed by atoms with Gasteiger partial charge in [-0.3, -0.25) is 9.89 Å². The summed E-state index contributed by atoms with van der Waals surface area (Å²) in [6.07, 6.45) is 0. The number of ether oxygens (including phenoxy) is 2. The molecule has 0 radical (unpaired) electrons. The second-order valence-corrected chi connectivity index (χ2v) is 8.10. The summed E-state index contributed by atoms with van der Waals surface area (Å²) in [6.45, 7) is 4.14. The monoisotopic (exact) mass is 446 g/mol. The number of likely N-dealkylation sites (N-methyl/N-ethyl adjacent to an activating group) is 1. The number of methoxy groups -OCH3 is 2. The predicted octanol–water partition coefficient (Wildman–Crippen LogP) is 2.54. The largest absolute Gasteiger partial charge is 0.497 e. The van der Waals surface area contributed by atoms with E-state index in [-0.39, 0.29) is 5.56 Å². The van der Waals surface area contributed by atoms with E-state index >= 15 is 0 Å². The lowest BCUT2D eigenvalue weighted by Gasteiger charge is -2.34. The third-order valence-corrected chi connectivity index (χ3v) is 6.07. The van der Waals surface area contributed by atoms with E-state index in [0.29, 0.717) is 33.9 Å². The van der Waals surface area contributed by atoms with Crippen molar-refractivity contribution in [2.45, 2.75) is 0 Å². The second-order valence-electron chi connectivity index (χ2n) is 8.10. The molecule has 2 aromatic carbocycles. The van der Waals surface area contributed by atoms with Crippen molar-refractivity contribution in [1.82, 2.24) is 24.9 Å². The SMILES string of the molecule is COc1ccc(-n2nc3c(-c4ccc(N5CCN(C)CC5)cc4)n[nH]c3cc2=O)c(OC)c1. The summed E-state index contributed by atoms with van der Waals surface area (Å²) in [7, 11) is 5.28. The first-order valence-corrected chi connectivity index (χ1v) is 10.8. The Morgan fingerprint density at radius 3 is 2.39 bits per heavy atom. The topological polar surface area (TPSA) is 88.5 Å². The maximum Gasteiger partial charge on any atom is 0.273 e. The highest BCUT2D eigenvalue weighted by Gasteiger charge is 2.17. The van der Waals surface area contributed by atoms with Gasteiger partial charge in [0.15, 0.2) is 0 Å². The molecular formula is C24H26N6O3. The minimum atomic E-state index is -0.286. The van der Waals surface area contributed by atoms with Crippen LogP contribution in [0.4, 0.5) is 5.69 Å². The summed E-state index contributed by atoms with van der Waals surface area (Å²) >= 11 is 0. The Balaban J connectivity index is 1.53. The van der Waals surface area contributed by atoms with E-state index in [4.69, 9.17) is 9.47 Å². The number of nitrogens with zero attached hydrogens (tertiary/aromatic N) is 5. The molecule has 1 saturated heterocycles. The molecule has 2 aromatic heterocycles. The first kappa shape index (κ1) is 21.0. The van der Waals surface area contributed by atoms with Crippen LogP contribution in [0.25, 0.3) is 28.0 Å². The average molecular weight is 447 g/mol. The number of fused-ring (bicyclic) bond motifs is 1. The fraction of sp³-hybridized carbons (Fsp3) is 0.292. The summed E-state index contributed by atoms with van der Waals surface area (Å²) in [5, 5.41) is 12.0. The molecule has 0 amide bonds. The van der Waals surface area contributed by atoms with Gasteiger partial charge < -0.3 is 19.3 Å². The fourth-order valence-electron chi connectivity index (χ4n) is 4.11. The molecule has 5 rings (SSSR count). The molecule has 3 heterocycles. The van der Waals surface area contributed by atoms with Crippen LogP contribution in [0.1, 0.15) is 0 Å². The van der Waals surface area contributed by atoms with Gasteiger partial charge in [-0.15, -0.1) is 0 Å². The normalized spacial score (nSPS) is 14.6. The predicted molar refractivity (Wildman–Crippen MR) is 128 cm³/mol. The Morgan fingerprint density at radius 2 is 1.70 bits per heavy atom. The number of rotatable bonds is 5. The molecule has 0 aliphatic carbocycles. The van der Waals surface area contributed by atoms with Crippen LogP contribution in [-0.2, 0) is 0 Å². The maximum absolute atomic E-state index is 12.8. The van der Waals surface area contributed by atoms with E-state index < -0.39 is 0 Å². The number of anilines is 1. The van der Waals surface area contributed by atoms with Gasteiger partial charge in [-0.2, -0.15) is 14.9 Å². The van der Waals surface area contributed by atoms with Gasteiger partial charge >= 0.3 is 0 Å². The number of aromatic amines is 1. The molecule has 1 N–H and O–H groups in total. The molecule has 1 aliphatic rings. The molecule has 33 heavy (non-hydrogen) atoms. The van der Waals surface area contributed by atoms with Crippen LogP contribution in [-0.4, -0.2) is 72.3 Å². The van der Waals surface area contributed by atoms with Crippen molar-refractivity contribution in [2.75, 3.05) is 52.3 Å². The molecule has 1 fully saturated rings. The summed E-state index contributed by atoms with van der Waals surface area (Å²) in [4.78, 5) is 17.5. The molecule has 0 spiro atoms.